The number of anilines is 1. The number of hydrogen-bond acceptors (Lipinski definition) is 4. The van der Waals surface area contributed by atoms with Crippen molar-refractivity contribution in [2.45, 2.75) is 12.1 Å². The molecule has 1 N–H and O–H groups in total. The molecule has 0 aliphatic rings. The molecule has 0 saturated heterocycles. The van der Waals surface area contributed by atoms with Gasteiger partial charge in [-0.2, -0.15) is 0 Å². The van der Waals surface area contributed by atoms with Crippen LogP contribution in [-0.4, -0.2) is 21.2 Å². The van der Waals surface area contributed by atoms with Crippen molar-refractivity contribution in [2.24, 2.45) is 0 Å². The van der Waals surface area contributed by atoms with Gasteiger partial charge in [0.2, 0.25) is 5.91 Å². The quantitative estimate of drug-likeness (QED) is 0.280. The van der Waals surface area contributed by atoms with Crippen LogP contribution < -0.4 is 10.9 Å². The summed E-state index contributed by atoms with van der Waals surface area (Å²) in [4.78, 5) is 30.7. The van der Waals surface area contributed by atoms with Gasteiger partial charge in [-0.1, -0.05) is 71.9 Å². The van der Waals surface area contributed by atoms with Gasteiger partial charge in [0.15, 0.2) is 5.16 Å². The first kappa shape index (κ1) is 21.0. The van der Waals surface area contributed by atoms with Crippen LogP contribution in [0.5, 0.6) is 0 Å². The van der Waals surface area contributed by atoms with Crippen molar-refractivity contribution in [3.05, 3.63) is 107 Å². The van der Waals surface area contributed by atoms with E-state index in [0.717, 1.165) is 27.7 Å². The Morgan fingerprint density at radius 3 is 2.45 bits per heavy atom. The van der Waals surface area contributed by atoms with E-state index in [-0.39, 0.29) is 17.2 Å². The average molecular weight is 452 g/mol. The summed E-state index contributed by atoms with van der Waals surface area (Å²) in [6, 6.07) is 28.8. The van der Waals surface area contributed by atoms with Crippen LogP contribution in [0.1, 0.15) is 5.56 Å². The fourth-order valence-corrected chi connectivity index (χ4v) is 4.54. The van der Waals surface area contributed by atoms with Crippen molar-refractivity contribution in [3.63, 3.8) is 0 Å². The second-order valence-electron chi connectivity index (χ2n) is 7.79. The minimum atomic E-state index is -0.159. The van der Waals surface area contributed by atoms with Crippen molar-refractivity contribution < 1.29 is 4.79 Å². The minimum Gasteiger partial charge on any atom is -0.325 e. The van der Waals surface area contributed by atoms with Crippen molar-refractivity contribution >= 4 is 45.0 Å². The topological polar surface area (TPSA) is 64.0 Å². The fraction of sp³-hybridized carbons (Fsp3) is 0.0741. The molecule has 4 aromatic carbocycles. The number of carbonyl (C=O) groups excluding carboxylic acids is 1. The van der Waals surface area contributed by atoms with Crippen molar-refractivity contribution in [2.75, 3.05) is 11.1 Å². The molecule has 0 aliphatic heterocycles. The van der Waals surface area contributed by atoms with Crippen LogP contribution >= 0.6 is 11.8 Å². The molecular weight excluding hydrogens is 430 g/mol. The number of para-hydroxylation sites is 1. The van der Waals surface area contributed by atoms with Crippen LogP contribution in [0.15, 0.2) is 101 Å². The average Bonchev–Trinajstić information content (AvgIpc) is 2.84. The summed E-state index contributed by atoms with van der Waals surface area (Å²) in [5.74, 6) is -0.0307. The van der Waals surface area contributed by atoms with Gasteiger partial charge in [-0.25, -0.2) is 4.98 Å². The lowest BCUT2D eigenvalue weighted by molar-refractivity contribution is -0.113. The lowest BCUT2D eigenvalue weighted by atomic mass is 10.1. The Morgan fingerprint density at radius 1 is 0.909 bits per heavy atom. The largest absolute Gasteiger partial charge is 0.325 e. The van der Waals surface area contributed by atoms with E-state index >= 15 is 0 Å². The molecule has 0 bridgehead atoms. The molecule has 6 heteroatoms. The molecule has 5 rings (SSSR count). The molecule has 33 heavy (non-hydrogen) atoms. The zero-order chi connectivity index (χ0) is 22.8. The first-order valence-electron chi connectivity index (χ1n) is 10.6. The number of fused-ring (bicyclic) bond motifs is 2. The predicted octanol–water partition coefficient (Wildman–Crippen LogP) is 5.58. The second-order valence-corrected chi connectivity index (χ2v) is 8.73. The van der Waals surface area contributed by atoms with Gasteiger partial charge in [-0.05, 0) is 54.1 Å². The number of nitrogens with zero attached hydrogens (tertiary/aromatic N) is 2. The number of amides is 1. The molecule has 0 unspecified atom stereocenters. The third-order valence-electron chi connectivity index (χ3n) is 5.40. The maximum atomic E-state index is 13.3. The highest BCUT2D eigenvalue weighted by molar-refractivity contribution is 7.99. The molecule has 1 aromatic heterocycles. The highest BCUT2D eigenvalue weighted by Crippen LogP contribution is 2.23. The van der Waals surface area contributed by atoms with Gasteiger partial charge < -0.3 is 5.32 Å². The Kier molecular flexibility index (Phi) is 5.67. The normalized spacial score (nSPS) is 11.1. The summed E-state index contributed by atoms with van der Waals surface area (Å²) in [5.41, 5.74) is 3.03. The van der Waals surface area contributed by atoms with Gasteiger partial charge in [0.05, 0.1) is 22.3 Å². The van der Waals surface area contributed by atoms with E-state index in [2.05, 4.69) is 5.32 Å². The number of benzene rings is 4. The highest BCUT2D eigenvalue weighted by Gasteiger charge is 2.15. The molecule has 0 atom stereocenters. The van der Waals surface area contributed by atoms with Gasteiger partial charge >= 0.3 is 0 Å². The van der Waals surface area contributed by atoms with Crippen LogP contribution in [0.2, 0.25) is 0 Å². The maximum absolute atomic E-state index is 13.3. The number of thioether (sulfide) groups is 1. The van der Waals surface area contributed by atoms with Crippen molar-refractivity contribution in [1.29, 1.82) is 0 Å². The van der Waals surface area contributed by atoms with Crippen molar-refractivity contribution in [3.8, 4) is 5.69 Å². The molecule has 1 heterocycles. The van der Waals surface area contributed by atoms with Crippen LogP contribution in [0.25, 0.3) is 27.4 Å². The van der Waals surface area contributed by atoms with E-state index in [1.807, 2.05) is 91.9 Å². The van der Waals surface area contributed by atoms with E-state index in [4.69, 9.17) is 4.98 Å². The summed E-state index contributed by atoms with van der Waals surface area (Å²) < 4.78 is 1.58. The number of nitrogens with one attached hydrogen (secondary N) is 1. The standard InChI is InChI=1S/C27H21N3O2S/c1-18-10-14-22(15-11-18)30-26(32)23-8-4-5-9-24(23)29-27(30)33-17-25(31)28-21-13-12-19-6-2-3-7-20(19)16-21/h2-16H,17H2,1H3,(H,28,31). The second kappa shape index (κ2) is 8.92. The molecule has 0 saturated carbocycles. The molecular formula is C27H21N3O2S. The number of aromatic nitrogens is 2. The Morgan fingerprint density at radius 2 is 1.64 bits per heavy atom. The molecule has 0 radical (unpaired) electrons. The maximum Gasteiger partial charge on any atom is 0.266 e. The van der Waals surface area contributed by atoms with Crippen LogP contribution in [0.3, 0.4) is 0 Å². The monoisotopic (exact) mass is 451 g/mol. The summed E-state index contributed by atoms with van der Waals surface area (Å²) in [6.45, 7) is 2.00. The lowest BCUT2D eigenvalue weighted by Gasteiger charge is -2.13. The third kappa shape index (κ3) is 4.38. The number of carbonyl (C=O) groups is 1. The minimum absolute atomic E-state index is 0.128. The van der Waals surface area contributed by atoms with E-state index in [9.17, 15) is 9.59 Å². The Balaban J connectivity index is 1.43. The Labute approximate surface area is 195 Å². The van der Waals surface area contributed by atoms with E-state index in [0.29, 0.717) is 16.1 Å². The van der Waals surface area contributed by atoms with Gasteiger partial charge in [-0.15, -0.1) is 0 Å². The fourth-order valence-electron chi connectivity index (χ4n) is 3.72. The summed E-state index contributed by atoms with van der Waals surface area (Å²) in [5, 5.41) is 6.16. The number of aryl methyl sites for hydroxylation is 1. The summed E-state index contributed by atoms with van der Waals surface area (Å²) >= 11 is 1.25. The molecule has 0 aliphatic carbocycles. The lowest BCUT2D eigenvalue weighted by Crippen LogP contribution is -2.23. The van der Waals surface area contributed by atoms with Gasteiger partial charge in [0.25, 0.3) is 5.56 Å². The zero-order valence-electron chi connectivity index (χ0n) is 18.0. The molecule has 0 spiro atoms. The van der Waals surface area contributed by atoms with Gasteiger partial charge in [0, 0.05) is 5.69 Å². The SMILES string of the molecule is Cc1ccc(-n2c(SCC(=O)Nc3ccc4ccccc4c3)nc3ccccc3c2=O)cc1. The van der Waals surface area contributed by atoms with Crippen LogP contribution in [-0.2, 0) is 4.79 Å². The van der Waals surface area contributed by atoms with E-state index in [1.165, 1.54) is 11.8 Å². The summed E-state index contributed by atoms with van der Waals surface area (Å²) in [6.07, 6.45) is 0. The third-order valence-corrected chi connectivity index (χ3v) is 6.34. The van der Waals surface area contributed by atoms with Gasteiger partial charge in [0.1, 0.15) is 0 Å². The smallest absolute Gasteiger partial charge is 0.266 e. The zero-order valence-corrected chi connectivity index (χ0v) is 18.8. The number of rotatable bonds is 5. The Hall–Kier alpha value is -3.90. The Bertz CT molecular complexity index is 1540. The molecule has 1 amide bonds. The van der Waals surface area contributed by atoms with Crippen molar-refractivity contribution in [1.82, 2.24) is 9.55 Å². The number of hydrogen-bond donors (Lipinski definition) is 1. The van der Waals surface area contributed by atoms with E-state index in [1.54, 1.807) is 10.6 Å². The predicted molar refractivity (Wildman–Crippen MR) is 135 cm³/mol. The first-order chi connectivity index (χ1) is 16.1. The van der Waals surface area contributed by atoms with E-state index < -0.39 is 0 Å². The molecule has 5 nitrogen and oxygen atoms in total. The molecule has 0 fully saturated rings. The van der Waals surface area contributed by atoms with Crippen LogP contribution in [0.4, 0.5) is 5.69 Å². The highest BCUT2D eigenvalue weighted by atomic mass is 32.2. The first-order valence-corrected chi connectivity index (χ1v) is 11.6. The molecule has 5 aromatic rings. The van der Waals surface area contributed by atoms with Gasteiger partial charge in [-0.3, -0.25) is 14.2 Å². The summed E-state index contributed by atoms with van der Waals surface area (Å²) in [7, 11) is 0. The van der Waals surface area contributed by atoms with Crippen LogP contribution in [0, 0.1) is 6.92 Å². The molecule has 162 valence electrons.